The molecule has 1 aliphatic rings. The summed E-state index contributed by atoms with van der Waals surface area (Å²) in [5, 5.41) is 3.95. The van der Waals surface area contributed by atoms with Crippen molar-refractivity contribution < 1.29 is 0 Å². The topological polar surface area (TPSA) is 40.5 Å². The Hall–Kier alpha value is -2.43. The number of halogens is 1. The lowest BCUT2D eigenvalue weighted by atomic mass is 9.95. The zero-order valence-corrected chi connectivity index (χ0v) is 13.1. The molecule has 0 amide bonds. The van der Waals surface area contributed by atoms with Gasteiger partial charge < -0.3 is 5.43 Å². The van der Waals surface area contributed by atoms with E-state index in [2.05, 4.69) is 38.6 Å². The molecule has 0 bridgehead atoms. The van der Waals surface area contributed by atoms with E-state index in [4.69, 9.17) is 11.6 Å². The van der Waals surface area contributed by atoms with Crippen LogP contribution in [0, 0.1) is 0 Å². The fourth-order valence-corrected chi connectivity index (χ4v) is 3.20. The normalized spacial score (nSPS) is 15.7. The molecule has 0 radical (unpaired) electrons. The highest BCUT2D eigenvalue weighted by Crippen LogP contribution is 2.33. The molecule has 114 valence electrons. The first-order chi connectivity index (χ1) is 11.3. The number of rotatable bonds is 3. The van der Waals surface area contributed by atoms with E-state index in [0.717, 1.165) is 21.5 Å². The zero-order valence-electron chi connectivity index (χ0n) is 12.4. The molecule has 1 atom stereocenters. The second-order valence-corrected chi connectivity index (χ2v) is 5.86. The summed E-state index contributed by atoms with van der Waals surface area (Å²) in [6.45, 7) is 0.591. The van der Waals surface area contributed by atoms with E-state index in [-0.39, 0.29) is 6.04 Å². The molecule has 1 N–H and O–H groups in total. The first-order valence-corrected chi connectivity index (χ1v) is 7.81. The second kappa shape index (κ2) is 5.99. The summed E-state index contributed by atoms with van der Waals surface area (Å²) >= 11 is 6.22. The molecule has 0 spiro atoms. The molecular weight excluding hydrogens is 308 g/mol. The van der Waals surface area contributed by atoms with Gasteiger partial charge in [0.1, 0.15) is 6.67 Å². The van der Waals surface area contributed by atoms with Crippen molar-refractivity contribution in [3.05, 3.63) is 76.9 Å². The summed E-state index contributed by atoms with van der Waals surface area (Å²) in [4.78, 5) is 8.75. The maximum absolute atomic E-state index is 6.22. The Morgan fingerprint density at radius 2 is 2.00 bits per heavy atom. The molecule has 5 heteroatoms. The Labute approximate surface area is 139 Å². The minimum absolute atomic E-state index is 0.00380. The van der Waals surface area contributed by atoms with Crippen LogP contribution in [-0.4, -0.2) is 23.0 Å². The molecule has 23 heavy (non-hydrogen) atoms. The minimum Gasteiger partial charge on any atom is -0.307 e. The molecule has 0 aliphatic carbocycles. The van der Waals surface area contributed by atoms with E-state index < -0.39 is 0 Å². The monoisotopic (exact) mass is 322 g/mol. The number of benzene rings is 2. The van der Waals surface area contributed by atoms with Crippen molar-refractivity contribution in [2.24, 2.45) is 4.99 Å². The Morgan fingerprint density at radius 1 is 1.09 bits per heavy atom. The third-order valence-corrected chi connectivity index (χ3v) is 4.24. The number of aliphatic imine (C=N–C) groups is 1. The highest BCUT2D eigenvalue weighted by atomic mass is 35.5. The molecule has 0 saturated carbocycles. The van der Waals surface area contributed by atoms with Crippen molar-refractivity contribution in [3.8, 4) is 0 Å². The van der Waals surface area contributed by atoms with Crippen LogP contribution >= 0.6 is 11.6 Å². The van der Waals surface area contributed by atoms with E-state index in [1.807, 2.05) is 42.6 Å². The van der Waals surface area contributed by atoms with Crippen molar-refractivity contribution in [2.75, 3.05) is 6.67 Å². The fraction of sp³-hybridized carbons (Fsp3) is 0.111. The minimum atomic E-state index is 0.00380. The van der Waals surface area contributed by atoms with E-state index in [9.17, 15) is 0 Å². The number of hydrazine groups is 1. The first kappa shape index (κ1) is 14.2. The lowest BCUT2D eigenvalue weighted by Gasteiger charge is -2.28. The average molecular weight is 323 g/mol. The summed E-state index contributed by atoms with van der Waals surface area (Å²) in [6.07, 6.45) is 3.58. The Kier molecular flexibility index (Phi) is 3.69. The van der Waals surface area contributed by atoms with Gasteiger partial charge in [0, 0.05) is 16.6 Å². The number of para-hydroxylation sites is 1. The third kappa shape index (κ3) is 2.67. The van der Waals surface area contributed by atoms with Crippen LogP contribution in [0.1, 0.15) is 17.2 Å². The summed E-state index contributed by atoms with van der Waals surface area (Å²) in [6, 6.07) is 18.2. The molecular formula is C18H15ClN4. The van der Waals surface area contributed by atoms with Crippen LogP contribution in [0.2, 0.25) is 5.02 Å². The predicted molar refractivity (Wildman–Crippen MR) is 93.4 cm³/mol. The van der Waals surface area contributed by atoms with Gasteiger partial charge in [-0.1, -0.05) is 41.9 Å². The lowest BCUT2D eigenvalue weighted by Crippen LogP contribution is -2.36. The van der Waals surface area contributed by atoms with Crippen molar-refractivity contribution in [2.45, 2.75) is 6.04 Å². The number of hydrogen-bond donors (Lipinski definition) is 1. The molecule has 1 unspecified atom stereocenters. The van der Waals surface area contributed by atoms with Gasteiger partial charge in [0.05, 0.1) is 17.9 Å². The number of aromatic nitrogens is 1. The van der Waals surface area contributed by atoms with Gasteiger partial charge >= 0.3 is 0 Å². The van der Waals surface area contributed by atoms with Crippen LogP contribution in [0.5, 0.6) is 0 Å². The van der Waals surface area contributed by atoms with Gasteiger partial charge in [0.15, 0.2) is 0 Å². The lowest BCUT2D eigenvalue weighted by molar-refractivity contribution is 0.217. The SMILES string of the molecule is Clc1cccc(C(c2ccnc3ccccc23)N2CN=CN2)c1. The fourth-order valence-electron chi connectivity index (χ4n) is 3.00. The van der Waals surface area contributed by atoms with Crippen molar-refractivity contribution in [3.63, 3.8) is 0 Å². The van der Waals surface area contributed by atoms with E-state index in [0.29, 0.717) is 6.67 Å². The Morgan fingerprint density at radius 3 is 2.83 bits per heavy atom. The smallest absolute Gasteiger partial charge is 0.111 e. The van der Waals surface area contributed by atoms with Gasteiger partial charge in [0.25, 0.3) is 0 Å². The first-order valence-electron chi connectivity index (χ1n) is 7.43. The zero-order chi connectivity index (χ0) is 15.6. The molecule has 0 fully saturated rings. The molecule has 4 nitrogen and oxygen atoms in total. The third-order valence-electron chi connectivity index (χ3n) is 4.00. The van der Waals surface area contributed by atoms with Crippen LogP contribution < -0.4 is 5.43 Å². The van der Waals surface area contributed by atoms with Crippen LogP contribution in [0.15, 0.2) is 65.8 Å². The van der Waals surface area contributed by atoms with Crippen molar-refractivity contribution in [1.29, 1.82) is 0 Å². The molecule has 2 aromatic carbocycles. The molecule has 0 saturated heterocycles. The number of pyridine rings is 1. The number of nitrogens with one attached hydrogen (secondary N) is 1. The Balaban J connectivity index is 1.90. The molecule has 1 aliphatic heterocycles. The Bertz CT molecular complexity index is 864. The highest BCUT2D eigenvalue weighted by molar-refractivity contribution is 6.30. The largest absolute Gasteiger partial charge is 0.307 e. The van der Waals surface area contributed by atoms with Gasteiger partial charge in [0.2, 0.25) is 0 Å². The van der Waals surface area contributed by atoms with E-state index in [1.54, 1.807) is 6.34 Å². The molecule has 4 rings (SSSR count). The van der Waals surface area contributed by atoms with Crippen molar-refractivity contribution >= 4 is 28.8 Å². The van der Waals surface area contributed by atoms with Gasteiger partial charge in [-0.25, -0.2) is 0 Å². The van der Waals surface area contributed by atoms with Gasteiger partial charge in [-0.05, 0) is 35.4 Å². The maximum atomic E-state index is 6.22. The van der Waals surface area contributed by atoms with Crippen LogP contribution in [0.25, 0.3) is 10.9 Å². The van der Waals surface area contributed by atoms with Crippen LogP contribution in [0.4, 0.5) is 0 Å². The van der Waals surface area contributed by atoms with Gasteiger partial charge in [-0.2, -0.15) is 5.01 Å². The maximum Gasteiger partial charge on any atom is 0.111 e. The predicted octanol–water partition coefficient (Wildman–Crippen LogP) is 3.78. The molecule has 3 aromatic rings. The highest BCUT2D eigenvalue weighted by Gasteiger charge is 2.25. The van der Waals surface area contributed by atoms with Gasteiger partial charge in [-0.3, -0.25) is 9.98 Å². The molecule has 1 aromatic heterocycles. The van der Waals surface area contributed by atoms with Crippen LogP contribution in [0.3, 0.4) is 0 Å². The van der Waals surface area contributed by atoms with E-state index >= 15 is 0 Å². The second-order valence-electron chi connectivity index (χ2n) is 5.43. The van der Waals surface area contributed by atoms with Gasteiger partial charge in [-0.15, -0.1) is 0 Å². The average Bonchev–Trinajstić information content (AvgIpc) is 3.10. The number of fused-ring (bicyclic) bond motifs is 1. The van der Waals surface area contributed by atoms with E-state index in [1.165, 1.54) is 5.56 Å². The molecule has 2 heterocycles. The summed E-state index contributed by atoms with van der Waals surface area (Å²) < 4.78 is 0. The quantitative estimate of drug-likeness (QED) is 0.797. The number of nitrogens with zero attached hydrogens (tertiary/aromatic N) is 3. The van der Waals surface area contributed by atoms with Crippen LogP contribution in [-0.2, 0) is 0 Å². The standard InChI is InChI=1S/C18H15ClN4/c19-14-5-3-4-13(10-14)18(23-12-20-11-22-23)16-8-9-21-17-7-2-1-6-15(16)17/h1-11,18H,12H2,(H,20,22). The summed E-state index contributed by atoms with van der Waals surface area (Å²) in [5.41, 5.74) is 6.49. The van der Waals surface area contributed by atoms with Crippen molar-refractivity contribution in [1.82, 2.24) is 15.4 Å². The number of hydrogen-bond acceptors (Lipinski definition) is 4. The summed E-state index contributed by atoms with van der Waals surface area (Å²) in [7, 11) is 0. The summed E-state index contributed by atoms with van der Waals surface area (Å²) in [5.74, 6) is 0.